The highest BCUT2D eigenvalue weighted by Crippen LogP contribution is 2.36. The number of hydrogen-bond acceptors (Lipinski definition) is 7. The Hall–Kier alpha value is -3.83. The molecule has 2 heterocycles. The van der Waals surface area contributed by atoms with Crippen LogP contribution in [0.5, 0.6) is 11.5 Å². The molecule has 1 unspecified atom stereocenters. The zero-order chi connectivity index (χ0) is 26.4. The van der Waals surface area contributed by atoms with Crippen molar-refractivity contribution in [2.75, 3.05) is 31.1 Å². The van der Waals surface area contributed by atoms with E-state index in [1.807, 2.05) is 0 Å². The highest BCUT2D eigenvalue weighted by atomic mass is 35.5. The molecule has 0 saturated heterocycles. The Morgan fingerprint density at radius 1 is 1.11 bits per heavy atom. The number of halogens is 3. The maximum absolute atomic E-state index is 13.4. The molecule has 0 aliphatic carbocycles. The monoisotopic (exact) mass is 550 g/mol. The largest absolute Gasteiger partial charge is 0.484 e. The Balaban J connectivity index is 1.24. The SMILES string of the molecule is O=C(COc1ccc(Cl)c(F)c1)NCCCNC(=O)C1CN(C(=O)c2ccno2)c2cc(Cl)ccc2O1. The molecule has 0 fully saturated rings. The number of carbonyl (C=O) groups excluding carboxylic acids is 3. The number of aromatic nitrogens is 1. The molecule has 3 aromatic rings. The second kappa shape index (κ2) is 11.9. The Morgan fingerprint density at radius 2 is 1.92 bits per heavy atom. The van der Waals surface area contributed by atoms with Crippen LogP contribution in [-0.4, -0.2) is 55.2 Å². The van der Waals surface area contributed by atoms with Gasteiger partial charge in [-0.3, -0.25) is 19.3 Å². The number of benzene rings is 2. The summed E-state index contributed by atoms with van der Waals surface area (Å²) in [7, 11) is 0. The van der Waals surface area contributed by atoms with Crippen LogP contribution >= 0.6 is 23.2 Å². The number of carbonyl (C=O) groups is 3. The summed E-state index contributed by atoms with van der Waals surface area (Å²) in [6.45, 7) is 0.131. The number of hydrogen-bond donors (Lipinski definition) is 2. The van der Waals surface area contributed by atoms with Gasteiger partial charge >= 0.3 is 0 Å². The first kappa shape index (κ1) is 26.2. The third-order valence-corrected chi connectivity index (χ3v) is 5.79. The van der Waals surface area contributed by atoms with Crippen LogP contribution in [0.4, 0.5) is 10.1 Å². The Morgan fingerprint density at radius 3 is 2.68 bits per heavy atom. The number of nitrogens with one attached hydrogen (secondary N) is 2. The van der Waals surface area contributed by atoms with E-state index >= 15 is 0 Å². The summed E-state index contributed by atoms with van der Waals surface area (Å²) < 4.78 is 29.4. The van der Waals surface area contributed by atoms with Crippen molar-refractivity contribution in [2.45, 2.75) is 12.5 Å². The molecule has 3 amide bonds. The fourth-order valence-electron chi connectivity index (χ4n) is 3.45. The smallest absolute Gasteiger partial charge is 0.297 e. The predicted octanol–water partition coefficient (Wildman–Crippen LogP) is 3.23. The molecule has 0 spiro atoms. The lowest BCUT2D eigenvalue weighted by atomic mass is 10.1. The molecule has 1 atom stereocenters. The quantitative estimate of drug-likeness (QED) is 0.392. The summed E-state index contributed by atoms with van der Waals surface area (Å²) >= 11 is 11.7. The van der Waals surface area contributed by atoms with Crippen molar-refractivity contribution in [1.29, 1.82) is 0 Å². The normalized spacial score (nSPS) is 14.4. The average Bonchev–Trinajstić information content (AvgIpc) is 3.43. The fraction of sp³-hybridized carbons (Fsp3) is 0.250. The van der Waals surface area contributed by atoms with Gasteiger partial charge < -0.3 is 24.6 Å². The fourth-order valence-corrected chi connectivity index (χ4v) is 3.74. The topological polar surface area (TPSA) is 123 Å². The second-order valence-corrected chi connectivity index (χ2v) is 8.71. The molecule has 1 aliphatic rings. The lowest BCUT2D eigenvalue weighted by molar-refractivity contribution is -0.127. The van der Waals surface area contributed by atoms with Crippen LogP contribution < -0.4 is 25.0 Å². The van der Waals surface area contributed by atoms with E-state index in [0.717, 1.165) is 6.07 Å². The van der Waals surface area contributed by atoms with Crippen LogP contribution in [0.1, 0.15) is 17.0 Å². The lowest BCUT2D eigenvalue weighted by Crippen LogP contribution is -2.51. The van der Waals surface area contributed by atoms with Crippen LogP contribution in [0.2, 0.25) is 10.0 Å². The molecular formula is C24H21Cl2FN4O6. The molecule has 37 heavy (non-hydrogen) atoms. The highest BCUT2D eigenvalue weighted by Gasteiger charge is 2.35. The van der Waals surface area contributed by atoms with Crippen molar-refractivity contribution >= 4 is 46.6 Å². The van der Waals surface area contributed by atoms with Gasteiger partial charge in [-0.25, -0.2) is 4.39 Å². The first-order chi connectivity index (χ1) is 17.8. The van der Waals surface area contributed by atoms with Crippen LogP contribution in [-0.2, 0) is 9.59 Å². The Labute approximate surface area is 220 Å². The molecule has 2 aromatic carbocycles. The number of fused-ring (bicyclic) bond motifs is 1. The zero-order valence-electron chi connectivity index (χ0n) is 19.2. The van der Waals surface area contributed by atoms with Gasteiger partial charge in [-0.2, -0.15) is 0 Å². The average molecular weight is 551 g/mol. The lowest BCUT2D eigenvalue weighted by Gasteiger charge is -2.33. The van der Waals surface area contributed by atoms with Crippen molar-refractivity contribution in [1.82, 2.24) is 15.8 Å². The third-order valence-electron chi connectivity index (χ3n) is 5.25. The van der Waals surface area contributed by atoms with E-state index in [-0.39, 0.29) is 42.8 Å². The van der Waals surface area contributed by atoms with Gasteiger partial charge in [0.25, 0.3) is 17.7 Å². The summed E-state index contributed by atoms with van der Waals surface area (Å²) in [5.74, 6) is -1.48. The number of amides is 3. The minimum absolute atomic E-state index is 0.00732. The van der Waals surface area contributed by atoms with Crippen LogP contribution in [0.15, 0.2) is 53.2 Å². The molecule has 4 rings (SSSR count). The third kappa shape index (κ3) is 6.69. The maximum Gasteiger partial charge on any atom is 0.297 e. The van der Waals surface area contributed by atoms with E-state index in [1.165, 1.54) is 29.3 Å². The molecule has 13 heteroatoms. The summed E-state index contributed by atoms with van der Waals surface area (Å²) in [5, 5.41) is 9.28. The van der Waals surface area contributed by atoms with E-state index in [1.54, 1.807) is 18.2 Å². The number of rotatable bonds is 9. The van der Waals surface area contributed by atoms with Gasteiger partial charge in [-0.05, 0) is 36.8 Å². The Bertz CT molecular complexity index is 1290. The van der Waals surface area contributed by atoms with Crippen molar-refractivity contribution in [3.05, 3.63) is 70.3 Å². The molecule has 1 aromatic heterocycles. The first-order valence-electron chi connectivity index (χ1n) is 11.1. The summed E-state index contributed by atoms with van der Waals surface area (Å²) in [5.41, 5.74) is 0.407. The van der Waals surface area contributed by atoms with Gasteiger partial charge in [0, 0.05) is 30.2 Å². The molecule has 10 nitrogen and oxygen atoms in total. The van der Waals surface area contributed by atoms with E-state index in [2.05, 4.69) is 15.8 Å². The maximum atomic E-state index is 13.4. The van der Waals surface area contributed by atoms with E-state index in [0.29, 0.717) is 22.9 Å². The Kier molecular flexibility index (Phi) is 8.47. The number of anilines is 1. The molecule has 0 radical (unpaired) electrons. The van der Waals surface area contributed by atoms with Gasteiger partial charge in [0.15, 0.2) is 12.7 Å². The number of ether oxygens (including phenoxy) is 2. The summed E-state index contributed by atoms with van der Waals surface area (Å²) in [6, 6.07) is 10.0. The second-order valence-electron chi connectivity index (χ2n) is 7.87. The van der Waals surface area contributed by atoms with Gasteiger partial charge in [-0.15, -0.1) is 0 Å². The van der Waals surface area contributed by atoms with Gasteiger partial charge in [0.05, 0.1) is 23.5 Å². The van der Waals surface area contributed by atoms with E-state index in [4.69, 9.17) is 37.2 Å². The van der Waals surface area contributed by atoms with Gasteiger partial charge in [0.2, 0.25) is 5.76 Å². The molecule has 0 bridgehead atoms. The minimum atomic E-state index is -0.983. The summed E-state index contributed by atoms with van der Waals surface area (Å²) in [4.78, 5) is 39.0. The molecular weight excluding hydrogens is 530 g/mol. The van der Waals surface area contributed by atoms with Crippen molar-refractivity contribution in [2.24, 2.45) is 0 Å². The standard InChI is InChI=1S/C24H21Cl2FN4O6/c25-14-2-5-19-18(10-14)31(24(34)20-6-9-30-37-20)12-21(36-19)23(33)29-8-1-7-28-22(32)13-35-15-3-4-16(26)17(27)11-15/h2-6,9-11,21H,1,7-8,12-13H2,(H,28,32)(H,29,33). The molecule has 194 valence electrons. The predicted molar refractivity (Wildman–Crippen MR) is 132 cm³/mol. The highest BCUT2D eigenvalue weighted by molar-refractivity contribution is 6.31. The van der Waals surface area contributed by atoms with E-state index in [9.17, 15) is 18.8 Å². The van der Waals surface area contributed by atoms with Crippen LogP contribution in [0.25, 0.3) is 0 Å². The van der Waals surface area contributed by atoms with E-state index < -0.39 is 29.6 Å². The van der Waals surface area contributed by atoms with Crippen molar-refractivity contribution in [3.8, 4) is 11.5 Å². The first-order valence-corrected chi connectivity index (χ1v) is 11.9. The van der Waals surface area contributed by atoms with Gasteiger partial charge in [-0.1, -0.05) is 28.4 Å². The van der Waals surface area contributed by atoms with Crippen molar-refractivity contribution < 1.29 is 32.8 Å². The summed E-state index contributed by atoms with van der Waals surface area (Å²) in [6.07, 6.45) is 0.787. The molecule has 1 aliphatic heterocycles. The zero-order valence-corrected chi connectivity index (χ0v) is 20.7. The van der Waals surface area contributed by atoms with Crippen molar-refractivity contribution in [3.63, 3.8) is 0 Å². The van der Waals surface area contributed by atoms with Gasteiger partial charge in [0.1, 0.15) is 17.3 Å². The minimum Gasteiger partial charge on any atom is -0.484 e. The van der Waals surface area contributed by atoms with Crippen LogP contribution in [0, 0.1) is 5.82 Å². The van der Waals surface area contributed by atoms with Crippen LogP contribution in [0.3, 0.4) is 0 Å². The number of nitrogens with zero attached hydrogens (tertiary/aromatic N) is 2. The molecule has 2 N–H and O–H groups in total. The molecule has 0 saturated carbocycles.